The summed E-state index contributed by atoms with van der Waals surface area (Å²) in [7, 11) is 0. The number of rotatable bonds is 10. The monoisotopic (exact) mass is 414 g/mol. The van der Waals surface area contributed by atoms with E-state index in [4.69, 9.17) is 14.6 Å². The van der Waals surface area contributed by atoms with Gasteiger partial charge in [0.1, 0.15) is 17.0 Å². The van der Waals surface area contributed by atoms with E-state index in [9.17, 15) is 9.59 Å². The molecule has 0 aliphatic heterocycles. The fraction of sp³-hybridized carbons (Fsp3) is 0.435. The Balaban J connectivity index is 1.68. The van der Waals surface area contributed by atoms with E-state index in [-0.39, 0.29) is 11.8 Å². The Morgan fingerprint density at radius 2 is 1.77 bits per heavy atom. The number of ether oxygens (including phenoxy) is 2. The molecule has 7 nitrogen and oxygen atoms in total. The molecule has 1 aromatic heterocycles. The molecule has 0 atom stereocenters. The van der Waals surface area contributed by atoms with Gasteiger partial charge in [0.25, 0.3) is 0 Å². The number of carboxylic acid groups (broad SMARTS) is 1. The number of alkyl carbamates (subject to hydrolysis) is 1. The number of amides is 1. The summed E-state index contributed by atoms with van der Waals surface area (Å²) in [5, 5.41) is 11.8. The molecular weight excluding hydrogens is 384 g/mol. The second-order valence-corrected chi connectivity index (χ2v) is 7.93. The lowest BCUT2D eigenvalue weighted by atomic mass is 10.1. The predicted octanol–water partition coefficient (Wildman–Crippen LogP) is 4.91. The van der Waals surface area contributed by atoms with Crippen LogP contribution in [0.15, 0.2) is 42.5 Å². The molecule has 0 saturated heterocycles. The number of hydrogen-bond acceptors (Lipinski definition) is 5. The van der Waals surface area contributed by atoms with Crippen molar-refractivity contribution < 1.29 is 24.2 Å². The summed E-state index contributed by atoms with van der Waals surface area (Å²) >= 11 is 0. The molecule has 0 aliphatic carbocycles. The highest BCUT2D eigenvalue weighted by Gasteiger charge is 2.15. The maximum Gasteiger partial charge on any atom is 0.407 e. The third kappa shape index (κ3) is 8.51. The molecule has 0 saturated carbocycles. The Morgan fingerprint density at radius 1 is 1.03 bits per heavy atom. The minimum absolute atomic E-state index is 0.0139. The molecule has 0 spiro atoms. The average Bonchev–Trinajstić information content (AvgIpc) is 2.69. The van der Waals surface area contributed by atoms with E-state index in [0.717, 1.165) is 37.0 Å². The van der Waals surface area contributed by atoms with Gasteiger partial charge in [-0.05, 0) is 57.9 Å². The molecule has 0 bridgehead atoms. The van der Waals surface area contributed by atoms with Crippen LogP contribution in [-0.2, 0) is 4.74 Å². The molecule has 30 heavy (non-hydrogen) atoms. The number of carbonyl (C=O) groups is 2. The minimum Gasteiger partial charge on any atom is -0.494 e. The number of nitrogens with zero attached hydrogens (tertiary/aromatic N) is 1. The largest absolute Gasteiger partial charge is 0.494 e. The quantitative estimate of drug-likeness (QED) is 0.536. The van der Waals surface area contributed by atoms with Gasteiger partial charge in [-0.3, -0.25) is 0 Å². The van der Waals surface area contributed by atoms with Crippen molar-refractivity contribution >= 4 is 12.1 Å². The van der Waals surface area contributed by atoms with Gasteiger partial charge in [-0.25, -0.2) is 14.6 Å². The summed E-state index contributed by atoms with van der Waals surface area (Å²) in [6, 6.07) is 12.4. The van der Waals surface area contributed by atoms with Crippen molar-refractivity contribution in [3.8, 4) is 17.0 Å². The SMILES string of the molecule is CC(C)(C)OC(=O)NCCCCCCOc1cccc(-c2cccc(C(=O)O)n2)c1. The zero-order valence-corrected chi connectivity index (χ0v) is 17.8. The van der Waals surface area contributed by atoms with Crippen LogP contribution in [0.5, 0.6) is 5.75 Å². The Hall–Kier alpha value is -3.09. The zero-order valence-electron chi connectivity index (χ0n) is 17.8. The Labute approximate surface area is 177 Å². The van der Waals surface area contributed by atoms with Gasteiger partial charge in [-0.15, -0.1) is 0 Å². The highest BCUT2D eigenvalue weighted by Crippen LogP contribution is 2.23. The van der Waals surface area contributed by atoms with Crippen LogP contribution in [0.25, 0.3) is 11.3 Å². The highest BCUT2D eigenvalue weighted by atomic mass is 16.6. The first-order valence-corrected chi connectivity index (χ1v) is 10.1. The van der Waals surface area contributed by atoms with Crippen LogP contribution >= 0.6 is 0 Å². The third-order valence-electron chi connectivity index (χ3n) is 4.11. The number of aromatic carboxylic acids is 1. The predicted molar refractivity (Wildman–Crippen MR) is 115 cm³/mol. The van der Waals surface area contributed by atoms with Crippen LogP contribution in [0.3, 0.4) is 0 Å². The Bertz CT molecular complexity index is 845. The molecule has 1 aromatic carbocycles. The van der Waals surface area contributed by atoms with Crippen molar-refractivity contribution in [1.82, 2.24) is 10.3 Å². The van der Waals surface area contributed by atoms with E-state index in [1.165, 1.54) is 6.07 Å². The van der Waals surface area contributed by atoms with E-state index in [2.05, 4.69) is 10.3 Å². The number of benzene rings is 1. The van der Waals surface area contributed by atoms with E-state index in [1.807, 2.05) is 45.0 Å². The number of hydrogen-bond donors (Lipinski definition) is 2. The number of nitrogens with one attached hydrogen (secondary N) is 1. The first kappa shape index (κ1) is 23.2. The summed E-state index contributed by atoms with van der Waals surface area (Å²) in [6.07, 6.45) is 3.40. The van der Waals surface area contributed by atoms with Gasteiger partial charge in [0, 0.05) is 12.1 Å². The van der Waals surface area contributed by atoms with Gasteiger partial charge in [0.05, 0.1) is 12.3 Å². The topological polar surface area (TPSA) is 97.8 Å². The molecule has 7 heteroatoms. The van der Waals surface area contributed by atoms with E-state index >= 15 is 0 Å². The third-order valence-corrected chi connectivity index (χ3v) is 4.11. The lowest BCUT2D eigenvalue weighted by Gasteiger charge is -2.19. The second kappa shape index (κ2) is 11.2. The Morgan fingerprint density at radius 3 is 2.50 bits per heavy atom. The molecule has 162 valence electrons. The molecule has 0 unspecified atom stereocenters. The molecule has 2 rings (SSSR count). The highest BCUT2D eigenvalue weighted by molar-refractivity contribution is 5.86. The summed E-state index contributed by atoms with van der Waals surface area (Å²) in [4.78, 5) is 26.8. The molecule has 1 heterocycles. The number of unbranched alkanes of at least 4 members (excludes halogenated alkanes) is 3. The van der Waals surface area contributed by atoms with Gasteiger partial charge in [-0.2, -0.15) is 0 Å². The summed E-state index contributed by atoms with van der Waals surface area (Å²) in [5.41, 5.74) is 0.940. The van der Waals surface area contributed by atoms with Crippen LogP contribution in [0.2, 0.25) is 0 Å². The molecule has 0 radical (unpaired) electrons. The Kier molecular flexibility index (Phi) is 8.65. The second-order valence-electron chi connectivity index (χ2n) is 7.93. The van der Waals surface area contributed by atoms with Gasteiger partial charge in [0.15, 0.2) is 0 Å². The molecule has 0 aliphatic rings. The van der Waals surface area contributed by atoms with E-state index in [1.54, 1.807) is 12.1 Å². The van der Waals surface area contributed by atoms with Crippen LogP contribution < -0.4 is 10.1 Å². The lowest BCUT2D eigenvalue weighted by Crippen LogP contribution is -2.32. The fourth-order valence-electron chi connectivity index (χ4n) is 2.74. The summed E-state index contributed by atoms with van der Waals surface area (Å²) < 4.78 is 11.0. The first-order chi connectivity index (χ1) is 14.2. The van der Waals surface area contributed by atoms with Crippen molar-refractivity contribution in [2.75, 3.05) is 13.2 Å². The molecular formula is C23H30N2O5. The fourth-order valence-corrected chi connectivity index (χ4v) is 2.74. The van der Waals surface area contributed by atoms with Crippen molar-refractivity contribution in [1.29, 1.82) is 0 Å². The number of aromatic nitrogens is 1. The number of pyridine rings is 1. The van der Waals surface area contributed by atoms with Gasteiger partial charge < -0.3 is 19.9 Å². The maximum absolute atomic E-state index is 11.5. The van der Waals surface area contributed by atoms with Crippen LogP contribution in [0, 0.1) is 0 Å². The first-order valence-electron chi connectivity index (χ1n) is 10.1. The van der Waals surface area contributed by atoms with E-state index in [0.29, 0.717) is 18.8 Å². The summed E-state index contributed by atoms with van der Waals surface area (Å²) in [5.74, 6) is -0.327. The lowest BCUT2D eigenvalue weighted by molar-refractivity contribution is 0.0526. The van der Waals surface area contributed by atoms with Crippen molar-refractivity contribution in [2.24, 2.45) is 0 Å². The molecule has 1 amide bonds. The van der Waals surface area contributed by atoms with Crippen molar-refractivity contribution in [3.63, 3.8) is 0 Å². The van der Waals surface area contributed by atoms with Crippen molar-refractivity contribution in [3.05, 3.63) is 48.2 Å². The normalized spacial score (nSPS) is 11.0. The minimum atomic E-state index is -1.05. The zero-order chi connectivity index (χ0) is 22.0. The smallest absolute Gasteiger partial charge is 0.407 e. The summed E-state index contributed by atoms with van der Waals surface area (Å²) in [6.45, 7) is 6.70. The van der Waals surface area contributed by atoms with Crippen LogP contribution in [0.4, 0.5) is 4.79 Å². The van der Waals surface area contributed by atoms with Crippen LogP contribution in [0.1, 0.15) is 56.9 Å². The molecule has 0 fully saturated rings. The standard InChI is InChI=1S/C23H30N2O5/c1-23(2,3)30-22(28)24-14-6-4-5-7-15-29-18-11-8-10-17(16-18)19-12-9-13-20(25-19)21(26)27/h8-13,16H,4-7,14-15H2,1-3H3,(H,24,28)(H,26,27). The molecule has 2 N–H and O–H groups in total. The average molecular weight is 415 g/mol. The van der Waals surface area contributed by atoms with Crippen LogP contribution in [-0.4, -0.2) is 40.9 Å². The van der Waals surface area contributed by atoms with Gasteiger partial charge >= 0.3 is 12.1 Å². The number of carboxylic acids is 1. The maximum atomic E-state index is 11.5. The van der Waals surface area contributed by atoms with E-state index < -0.39 is 11.6 Å². The number of carbonyl (C=O) groups excluding carboxylic acids is 1. The molecule has 2 aromatic rings. The van der Waals surface area contributed by atoms with Gasteiger partial charge in [0.2, 0.25) is 0 Å². The van der Waals surface area contributed by atoms with Gasteiger partial charge in [-0.1, -0.05) is 31.0 Å². The van der Waals surface area contributed by atoms with Crippen molar-refractivity contribution in [2.45, 2.75) is 52.1 Å².